The fraction of sp³-hybridized carbons (Fsp3) is 0.647. The lowest BCUT2D eigenvalue weighted by Gasteiger charge is -2.28. The highest BCUT2D eigenvalue weighted by molar-refractivity contribution is 6.04. The van der Waals surface area contributed by atoms with E-state index in [1.165, 1.54) is 25.5 Å². The Morgan fingerprint density at radius 2 is 2.18 bits per heavy atom. The maximum Gasteiger partial charge on any atom is 0.270 e. The normalized spacial score (nSPS) is 26.4. The van der Waals surface area contributed by atoms with E-state index in [0.29, 0.717) is 44.0 Å². The largest absolute Gasteiger partial charge is 0.473 e. The van der Waals surface area contributed by atoms with E-state index >= 15 is 0 Å². The molecule has 2 aromatic heterocycles. The molecule has 3 fully saturated rings. The van der Waals surface area contributed by atoms with Crippen LogP contribution in [0.2, 0.25) is 0 Å². The Labute approximate surface area is 161 Å². The van der Waals surface area contributed by atoms with Crippen molar-refractivity contribution < 1.29 is 14.3 Å². The highest BCUT2D eigenvalue weighted by Crippen LogP contribution is 2.46. The summed E-state index contributed by atoms with van der Waals surface area (Å²) in [5.41, 5.74) is 0.268. The quantitative estimate of drug-likeness (QED) is 0.760. The second kappa shape index (κ2) is 7.30. The number of aromatic amines is 1. The summed E-state index contributed by atoms with van der Waals surface area (Å²) in [6, 6.07) is 0. The summed E-state index contributed by atoms with van der Waals surface area (Å²) >= 11 is 0. The molecule has 2 saturated carbocycles. The number of morpholine rings is 1. The van der Waals surface area contributed by atoms with Crippen molar-refractivity contribution in [2.75, 3.05) is 36.5 Å². The first-order chi connectivity index (χ1) is 13.8. The van der Waals surface area contributed by atoms with E-state index in [4.69, 9.17) is 9.47 Å². The molecule has 3 atom stereocenters. The van der Waals surface area contributed by atoms with Crippen LogP contribution in [-0.2, 0) is 4.74 Å². The third-order valence-corrected chi connectivity index (χ3v) is 5.79. The maximum atomic E-state index is 12.7. The van der Waals surface area contributed by atoms with Gasteiger partial charge in [-0.25, -0.2) is 4.98 Å². The van der Waals surface area contributed by atoms with Gasteiger partial charge in [-0.1, -0.05) is 5.10 Å². The van der Waals surface area contributed by atoms with Crippen LogP contribution in [0.4, 0.5) is 11.9 Å². The summed E-state index contributed by atoms with van der Waals surface area (Å²) in [7, 11) is 0. The second-order valence-electron chi connectivity index (χ2n) is 7.51. The van der Waals surface area contributed by atoms with E-state index in [0.717, 1.165) is 12.3 Å². The van der Waals surface area contributed by atoms with E-state index in [2.05, 4.69) is 35.9 Å². The predicted octanol–water partition coefficient (Wildman–Crippen LogP) is 0.646. The van der Waals surface area contributed by atoms with Crippen LogP contribution in [0.3, 0.4) is 0 Å². The minimum Gasteiger partial charge on any atom is -0.473 e. The first kappa shape index (κ1) is 17.3. The fourth-order valence-corrected chi connectivity index (χ4v) is 4.38. The van der Waals surface area contributed by atoms with Gasteiger partial charge in [0, 0.05) is 19.3 Å². The standard InChI is InChI=1S/C17H22N8O3/c26-14(19-16-21-23-24-22-16)12-9-18-17(25-3-5-27-6-4-25)20-15(12)28-13-8-10-1-2-11(13)7-10/h9-11,13H,1-8H2,(H2,19,21,22,23,24,26). The monoisotopic (exact) mass is 386 g/mol. The SMILES string of the molecule is O=C(Nc1nn[nH]n1)c1cnc(N2CCOCC2)nc1OC1CC2CCC1C2. The molecule has 2 N–H and O–H groups in total. The molecule has 2 aliphatic carbocycles. The van der Waals surface area contributed by atoms with E-state index in [-0.39, 0.29) is 17.6 Å². The number of nitrogens with zero attached hydrogens (tertiary/aromatic N) is 6. The molecule has 148 valence electrons. The third kappa shape index (κ3) is 3.37. The molecular formula is C17H22N8O3. The van der Waals surface area contributed by atoms with E-state index < -0.39 is 5.91 Å². The van der Waals surface area contributed by atoms with Gasteiger partial charge in [-0.05, 0) is 42.7 Å². The zero-order chi connectivity index (χ0) is 18.9. The second-order valence-corrected chi connectivity index (χ2v) is 7.51. The van der Waals surface area contributed by atoms with Crippen molar-refractivity contribution in [3.63, 3.8) is 0 Å². The molecule has 28 heavy (non-hydrogen) atoms. The third-order valence-electron chi connectivity index (χ3n) is 5.79. The molecule has 1 saturated heterocycles. The minimum atomic E-state index is -0.423. The average molecular weight is 386 g/mol. The molecule has 11 nitrogen and oxygen atoms in total. The highest BCUT2D eigenvalue weighted by atomic mass is 16.5. The summed E-state index contributed by atoms with van der Waals surface area (Å²) in [6.07, 6.45) is 6.29. The molecule has 2 bridgehead atoms. The Morgan fingerprint density at radius 3 is 2.89 bits per heavy atom. The van der Waals surface area contributed by atoms with Crippen molar-refractivity contribution in [2.24, 2.45) is 11.8 Å². The van der Waals surface area contributed by atoms with Crippen LogP contribution in [-0.4, -0.2) is 68.9 Å². The predicted molar refractivity (Wildman–Crippen MR) is 97.1 cm³/mol. The molecular weight excluding hydrogens is 364 g/mol. The van der Waals surface area contributed by atoms with E-state index in [9.17, 15) is 4.79 Å². The van der Waals surface area contributed by atoms with Crippen molar-refractivity contribution in [3.8, 4) is 5.88 Å². The number of anilines is 2. The van der Waals surface area contributed by atoms with Gasteiger partial charge >= 0.3 is 0 Å². The number of rotatable bonds is 5. The summed E-state index contributed by atoms with van der Waals surface area (Å²) in [6.45, 7) is 2.68. The van der Waals surface area contributed by atoms with Gasteiger partial charge in [0.25, 0.3) is 11.9 Å². The fourth-order valence-electron chi connectivity index (χ4n) is 4.38. The zero-order valence-corrected chi connectivity index (χ0v) is 15.4. The van der Waals surface area contributed by atoms with Gasteiger partial charge in [0.15, 0.2) is 0 Å². The zero-order valence-electron chi connectivity index (χ0n) is 15.4. The van der Waals surface area contributed by atoms with Gasteiger partial charge in [0.05, 0.1) is 13.2 Å². The van der Waals surface area contributed by atoms with Gasteiger partial charge in [-0.15, -0.1) is 5.10 Å². The molecule has 3 aliphatic rings. The number of carbonyl (C=O) groups excluding carboxylic acids is 1. The van der Waals surface area contributed by atoms with Crippen molar-refractivity contribution in [2.45, 2.75) is 31.8 Å². The summed E-state index contributed by atoms with van der Waals surface area (Å²) in [5, 5.41) is 15.8. The molecule has 1 aliphatic heterocycles. The van der Waals surface area contributed by atoms with Crippen LogP contribution in [0.5, 0.6) is 5.88 Å². The topological polar surface area (TPSA) is 131 Å². The number of fused-ring (bicyclic) bond motifs is 2. The van der Waals surface area contributed by atoms with Crippen LogP contribution < -0.4 is 15.0 Å². The molecule has 2 aromatic rings. The van der Waals surface area contributed by atoms with Crippen LogP contribution in [0, 0.1) is 11.8 Å². The van der Waals surface area contributed by atoms with E-state index in [1.807, 2.05) is 4.90 Å². The Hall–Kier alpha value is -2.82. The number of hydrogen-bond donors (Lipinski definition) is 2. The van der Waals surface area contributed by atoms with E-state index in [1.54, 1.807) is 0 Å². The summed E-state index contributed by atoms with van der Waals surface area (Å²) in [5.74, 6) is 1.81. The number of amides is 1. The number of hydrogen-bond acceptors (Lipinski definition) is 9. The van der Waals surface area contributed by atoms with Crippen molar-refractivity contribution in [1.82, 2.24) is 30.6 Å². The van der Waals surface area contributed by atoms with Gasteiger partial charge in [-0.3, -0.25) is 10.1 Å². The van der Waals surface area contributed by atoms with Crippen molar-refractivity contribution >= 4 is 17.8 Å². The molecule has 0 radical (unpaired) electrons. The van der Waals surface area contributed by atoms with Crippen molar-refractivity contribution in [3.05, 3.63) is 11.8 Å². The van der Waals surface area contributed by atoms with Crippen LogP contribution in [0.1, 0.15) is 36.0 Å². The van der Waals surface area contributed by atoms with Crippen LogP contribution >= 0.6 is 0 Å². The van der Waals surface area contributed by atoms with Crippen LogP contribution in [0.25, 0.3) is 0 Å². The van der Waals surface area contributed by atoms with Gasteiger partial charge < -0.3 is 14.4 Å². The first-order valence-electron chi connectivity index (χ1n) is 9.67. The maximum absolute atomic E-state index is 12.7. The Kier molecular flexibility index (Phi) is 4.51. The van der Waals surface area contributed by atoms with Gasteiger partial charge in [0.1, 0.15) is 11.7 Å². The molecule has 3 heterocycles. The van der Waals surface area contributed by atoms with Gasteiger partial charge in [0.2, 0.25) is 11.8 Å². The average Bonchev–Trinajstić information content (AvgIpc) is 3.47. The molecule has 0 aromatic carbocycles. The summed E-state index contributed by atoms with van der Waals surface area (Å²) < 4.78 is 11.7. The molecule has 0 spiro atoms. The number of H-pyrrole nitrogens is 1. The van der Waals surface area contributed by atoms with Gasteiger partial charge in [-0.2, -0.15) is 10.2 Å². The van der Waals surface area contributed by atoms with Crippen LogP contribution in [0.15, 0.2) is 6.20 Å². The smallest absolute Gasteiger partial charge is 0.270 e. The minimum absolute atomic E-state index is 0.0909. The molecule has 3 unspecified atom stereocenters. The van der Waals surface area contributed by atoms with Crippen molar-refractivity contribution in [1.29, 1.82) is 0 Å². The Balaban J connectivity index is 1.41. The number of nitrogens with one attached hydrogen (secondary N) is 2. The molecule has 5 rings (SSSR count). The number of aromatic nitrogens is 6. The lowest BCUT2D eigenvalue weighted by Crippen LogP contribution is -2.37. The summed E-state index contributed by atoms with van der Waals surface area (Å²) in [4.78, 5) is 23.8. The Bertz CT molecular complexity index is 839. The molecule has 11 heteroatoms. The number of ether oxygens (including phenoxy) is 2. The number of carbonyl (C=O) groups is 1. The lowest BCUT2D eigenvalue weighted by molar-refractivity contribution is 0.0997. The molecule has 1 amide bonds. The number of tetrazole rings is 1. The first-order valence-corrected chi connectivity index (χ1v) is 9.67. The highest BCUT2D eigenvalue weighted by Gasteiger charge is 2.41. The Morgan fingerprint density at radius 1 is 1.29 bits per heavy atom. The lowest BCUT2D eigenvalue weighted by atomic mass is 9.98.